The van der Waals surface area contributed by atoms with Crippen LogP contribution in [-0.2, 0) is 6.54 Å². The van der Waals surface area contributed by atoms with Gasteiger partial charge in [-0.15, -0.1) is 10.2 Å². The molecule has 1 aliphatic carbocycles. The summed E-state index contributed by atoms with van der Waals surface area (Å²) < 4.78 is 2.11. The average Bonchev–Trinajstić information content (AvgIpc) is 3.10. The SMILES string of the molecule is C[C@H](NC(=O)NCc1nncn1C1CCCCC1)c1ccc(Cl)cc1. The zero-order valence-corrected chi connectivity index (χ0v) is 15.2. The van der Waals surface area contributed by atoms with E-state index in [1.807, 2.05) is 31.2 Å². The molecule has 25 heavy (non-hydrogen) atoms. The van der Waals surface area contributed by atoms with Crippen molar-refractivity contribution in [3.05, 3.63) is 47.0 Å². The van der Waals surface area contributed by atoms with Crippen LogP contribution in [0.15, 0.2) is 30.6 Å². The van der Waals surface area contributed by atoms with Gasteiger partial charge in [-0.2, -0.15) is 0 Å². The molecule has 1 fully saturated rings. The van der Waals surface area contributed by atoms with E-state index in [0.29, 0.717) is 17.6 Å². The van der Waals surface area contributed by atoms with E-state index in [9.17, 15) is 4.79 Å². The van der Waals surface area contributed by atoms with Crippen molar-refractivity contribution in [2.24, 2.45) is 0 Å². The van der Waals surface area contributed by atoms with Gasteiger partial charge in [0.25, 0.3) is 0 Å². The molecule has 2 aromatic rings. The summed E-state index contributed by atoms with van der Waals surface area (Å²) in [5.41, 5.74) is 1.00. The predicted octanol–water partition coefficient (Wildman–Crippen LogP) is 4.00. The average molecular weight is 362 g/mol. The number of aromatic nitrogens is 3. The number of rotatable bonds is 5. The van der Waals surface area contributed by atoms with Crippen molar-refractivity contribution in [3.63, 3.8) is 0 Å². The quantitative estimate of drug-likeness (QED) is 0.845. The number of carbonyl (C=O) groups is 1. The standard InChI is InChI=1S/C18H24ClN5O/c1-13(14-7-9-15(19)10-8-14)22-18(25)20-11-17-23-21-12-24(17)16-5-3-2-4-6-16/h7-10,12-13,16H,2-6,11H2,1H3,(H2,20,22,25)/t13-/m0/s1. The van der Waals surface area contributed by atoms with E-state index in [-0.39, 0.29) is 12.1 Å². The zero-order chi connectivity index (χ0) is 17.6. The molecule has 0 bridgehead atoms. The zero-order valence-electron chi connectivity index (χ0n) is 14.4. The fourth-order valence-corrected chi connectivity index (χ4v) is 3.43. The van der Waals surface area contributed by atoms with Crippen LogP contribution in [0.4, 0.5) is 4.79 Å². The van der Waals surface area contributed by atoms with Crippen LogP contribution in [0.25, 0.3) is 0 Å². The highest BCUT2D eigenvalue weighted by Gasteiger charge is 2.19. The van der Waals surface area contributed by atoms with E-state index in [0.717, 1.165) is 24.2 Å². The highest BCUT2D eigenvalue weighted by Crippen LogP contribution is 2.28. The molecule has 1 saturated carbocycles. The molecule has 3 rings (SSSR count). The van der Waals surface area contributed by atoms with Crippen molar-refractivity contribution in [2.75, 3.05) is 0 Å². The van der Waals surface area contributed by atoms with Gasteiger partial charge in [-0.25, -0.2) is 4.79 Å². The molecule has 1 aliphatic rings. The normalized spacial score (nSPS) is 16.4. The first kappa shape index (κ1) is 17.7. The topological polar surface area (TPSA) is 71.8 Å². The lowest BCUT2D eigenvalue weighted by atomic mass is 9.95. The Kier molecular flexibility index (Phi) is 5.91. The summed E-state index contributed by atoms with van der Waals surface area (Å²) in [6, 6.07) is 7.59. The second-order valence-electron chi connectivity index (χ2n) is 6.55. The van der Waals surface area contributed by atoms with Gasteiger partial charge in [-0.05, 0) is 37.5 Å². The molecular formula is C18H24ClN5O. The van der Waals surface area contributed by atoms with Gasteiger partial charge < -0.3 is 15.2 Å². The first-order valence-corrected chi connectivity index (χ1v) is 9.19. The smallest absolute Gasteiger partial charge is 0.315 e. The Morgan fingerprint density at radius 3 is 2.72 bits per heavy atom. The van der Waals surface area contributed by atoms with E-state index >= 15 is 0 Å². The minimum atomic E-state index is -0.222. The maximum Gasteiger partial charge on any atom is 0.315 e. The number of benzene rings is 1. The fraction of sp³-hybridized carbons (Fsp3) is 0.500. The van der Waals surface area contributed by atoms with Gasteiger partial charge in [0, 0.05) is 11.1 Å². The molecular weight excluding hydrogens is 338 g/mol. The van der Waals surface area contributed by atoms with Crippen molar-refractivity contribution < 1.29 is 4.79 Å². The van der Waals surface area contributed by atoms with Crippen LogP contribution in [0.2, 0.25) is 5.02 Å². The summed E-state index contributed by atoms with van der Waals surface area (Å²) in [6.45, 7) is 2.31. The summed E-state index contributed by atoms with van der Waals surface area (Å²) >= 11 is 5.89. The number of hydrogen-bond acceptors (Lipinski definition) is 3. The maximum atomic E-state index is 12.2. The van der Waals surface area contributed by atoms with Crippen molar-refractivity contribution in [3.8, 4) is 0 Å². The summed E-state index contributed by atoms with van der Waals surface area (Å²) in [4.78, 5) is 12.2. The molecule has 2 amide bonds. The Morgan fingerprint density at radius 1 is 1.28 bits per heavy atom. The van der Waals surface area contributed by atoms with Gasteiger partial charge in [0.15, 0.2) is 5.82 Å². The maximum absolute atomic E-state index is 12.2. The highest BCUT2D eigenvalue weighted by molar-refractivity contribution is 6.30. The summed E-state index contributed by atoms with van der Waals surface area (Å²) in [5, 5.41) is 14.7. The molecule has 7 heteroatoms. The molecule has 6 nitrogen and oxygen atoms in total. The monoisotopic (exact) mass is 361 g/mol. The number of urea groups is 1. The Labute approximate surface area is 153 Å². The van der Waals surface area contributed by atoms with Crippen molar-refractivity contribution in [1.82, 2.24) is 25.4 Å². The molecule has 1 heterocycles. The minimum absolute atomic E-state index is 0.103. The van der Waals surface area contributed by atoms with E-state index in [1.165, 1.54) is 19.3 Å². The summed E-state index contributed by atoms with van der Waals surface area (Å²) in [5.74, 6) is 0.807. The number of nitrogens with one attached hydrogen (secondary N) is 2. The lowest BCUT2D eigenvalue weighted by Crippen LogP contribution is -2.37. The lowest BCUT2D eigenvalue weighted by Gasteiger charge is -2.24. The fourth-order valence-electron chi connectivity index (χ4n) is 3.30. The van der Waals surface area contributed by atoms with Gasteiger partial charge in [0.2, 0.25) is 0 Å². The van der Waals surface area contributed by atoms with E-state index in [1.54, 1.807) is 6.33 Å². The third kappa shape index (κ3) is 4.72. The van der Waals surface area contributed by atoms with Crippen LogP contribution in [0, 0.1) is 0 Å². The Hall–Kier alpha value is -2.08. The van der Waals surface area contributed by atoms with Crippen LogP contribution in [0.5, 0.6) is 0 Å². The molecule has 1 aromatic heterocycles. The molecule has 2 N–H and O–H groups in total. The third-order valence-electron chi connectivity index (χ3n) is 4.74. The minimum Gasteiger partial charge on any atom is -0.332 e. The van der Waals surface area contributed by atoms with Gasteiger partial charge >= 0.3 is 6.03 Å². The predicted molar refractivity (Wildman–Crippen MR) is 97.4 cm³/mol. The Balaban J connectivity index is 1.52. The molecule has 134 valence electrons. The molecule has 0 saturated heterocycles. The number of amides is 2. The largest absolute Gasteiger partial charge is 0.332 e. The van der Waals surface area contributed by atoms with Gasteiger partial charge in [0.05, 0.1) is 12.6 Å². The Morgan fingerprint density at radius 2 is 2.00 bits per heavy atom. The first-order valence-electron chi connectivity index (χ1n) is 8.81. The molecule has 1 atom stereocenters. The molecule has 0 aliphatic heterocycles. The van der Waals surface area contributed by atoms with Crippen LogP contribution < -0.4 is 10.6 Å². The van der Waals surface area contributed by atoms with Crippen molar-refractivity contribution >= 4 is 17.6 Å². The van der Waals surface area contributed by atoms with E-state index in [2.05, 4.69) is 25.4 Å². The van der Waals surface area contributed by atoms with Gasteiger partial charge in [-0.1, -0.05) is 43.0 Å². The van der Waals surface area contributed by atoms with Crippen LogP contribution in [0.3, 0.4) is 0 Å². The molecule has 1 aromatic carbocycles. The molecule has 0 spiro atoms. The van der Waals surface area contributed by atoms with E-state index in [4.69, 9.17) is 11.6 Å². The van der Waals surface area contributed by atoms with Crippen molar-refractivity contribution in [1.29, 1.82) is 0 Å². The van der Waals surface area contributed by atoms with Crippen LogP contribution in [0.1, 0.15) is 62.5 Å². The second kappa shape index (κ2) is 8.34. The number of halogens is 1. The highest BCUT2D eigenvalue weighted by atomic mass is 35.5. The number of carbonyl (C=O) groups excluding carboxylic acids is 1. The second-order valence-corrected chi connectivity index (χ2v) is 6.98. The van der Waals surface area contributed by atoms with Gasteiger partial charge in [-0.3, -0.25) is 0 Å². The van der Waals surface area contributed by atoms with E-state index < -0.39 is 0 Å². The van der Waals surface area contributed by atoms with Gasteiger partial charge in [0.1, 0.15) is 6.33 Å². The number of hydrogen-bond donors (Lipinski definition) is 2. The summed E-state index contributed by atoms with van der Waals surface area (Å²) in [7, 11) is 0. The number of nitrogens with zero attached hydrogens (tertiary/aromatic N) is 3. The molecule has 0 unspecified atom stereocenters. The lowest BCUT2D eigenvalue weighted by molar-refractivity contribution is 0.236. The van der Waals surface area contributed by atoms with Crippen LogP contribution >= 0.6 is 11.6 Å². The van der Waals surface area contributed by atoms with Crippen LogP contribution in [-0.4, -0.2) is 20.8 Å². The Bertz CT molecular complexity index is 694. The third-order valence-corrected chi connectivity index (χ3v) is 4.99. The first-order chi connectivity index (χ1) is 12.1. The summed E-state index contributed by atoms with van der Waals surface area (Å²) in [6.07, 6.45) is 7.89. The molecule has 0 radical (unpaired) electrons. The van der Waals surface area contributed by atoms with Crippen molar-refractivity contribution in [2.45, 2.75) is 57.7 Å².